The van der Waals surface area contributed by atoms with E-state index in [4.69, 9.17) is 0 Å². The summed E-state index contributed by atoms with van der Waals surface area (Å²) in [6.07, 6.45) is -5.21. The lowest BCUT2D eigenvalue weighted by atomic mass is 10.1. The molecule has 2 rings (SSSR count). The van der Waals surface area contributed by atoms with Gasteiger partial charge in [-0.25, -0.2) is 9.59 Å². The van der Waals surface area contributed by atoms with Gasteiger partial charge in [-0.1, -0.05) is 0 Å². The lowest BCUT2D eigenvalue weighted by Gasteiger charge is -2.11. The molecule has 0 radical (unpaired) electrons. The summed E-state index contributed by atoms with van der Waals surface area (Å²) in [5.74, 6) is -3.92. The van der Waals surface area contributed by atoms with Gasteiger partial charge in [0.2, 0.25) is 0 Å². The van der Waals surface area contributed by atoms with Crippen molar-refractivity contribution in [2.24, 2.45) is 0 Å². The van der Waals surface area contributed by atoms with Gasteiger partial charge < -0.3 is 20.1 Å². The number of alkyl halides is 3. The summed E-state index contributed by atoms with van der Waals surface area (Å²) in [5.41, 5.74) is -1.60. The van der Waals surface area contributed by atoms with Crippen molar-refractivity contribution in [3.05, 3.63) is 64.6 Å². The predicted molar refractivity (Wildman–Crippen MR) is 129 cm³/mol. The van der Waals surface area contributed by atoms with Crippen LogP contribution in [0.25, 0.3) is 0 Å². The van der Waals surface area contributed by atoms with E-state index in [0.717, 1.165) is 13.2 Å². The molecule has 0 spiro atoms. The number of nitrogens with one attached hydrogen (secondary N) is 2. The van der Waals surface area contributed by atoms with Gasteiger partial charge in [0.15, 0.2) is 0 Å². The van der Waals surface area contributed by atoms with Gasteiger partial charge in [-0.05, 0) is 44.0 Å². The summed E-state index contributed by atoms with van der Waals surface area (Å²) < 4.78 is 45.6. The quantitative estimate of drug-likeness (QED) is 0.248. The number of anilines is 2. The second-order valence-corrected chi connectivity index (χ2v) is 8.11. The minimum atomic E-state index is -5.21. The molecular weight excluding hydrogens is 645 g/mol. The Labute approximate surface area is 221 Å². The van der Waals surface area contributed by atoms with E-state index in [-0.39, 0.29) is 21.3 Å². The van der Waals surface area contributed by atoms with Crippen LogP contribution in [0.3, 0.4) is 0 Å². The van der Waals surface area contributed by atoms with Crippen LogP contribution in [0.2, 0.25) is 0 Å². The number of carbonyl (C=O) groups excluding carboxylic acids is 3. The van der Waals surface area contributed by atoms with Gasteiger partial charge in [-0.15, -0.1) is 0 Å². The highest BCUT2D eigenvalue weighted by molar-refractivity contribution is 9.11. The zero-order valence-electron chi connectivity index (χ0n) is 18.8. The molecule has 0 aromatic heterocycles. The fourth-order valence-electron chi connectivity index (χ4n) is 2.50. The third-order valence-corrected chi connectivity index (χ3v) is 5.37. The van der Waals surface area contributed by atoms with E-state index in [2.05, 4.69) is 46.7 Å². The molecule has 18 heteroatoms. The summed E-state index contributed by atoms with van der Waals surface area (Å²) in [6, 6.07) is 4.32. The Hall–Kier alpha value is -3.80. The molecular formula is C19H15Br2F3N4O9. The summed E-state index contributed by atoms with van der Waals surface area (Å²) in [7, 11) is 3.81. The number of halogens is 5. The van der Waals surface area contributed by atoms with E-state index in [0.29, 0.717) is 16.2 Å². The van der Waals surface area contributed by atoms with E-state index in [9.17, 15) is 47.8 Å². The highest BCUT2D eigenvalue weighted by atomic mass is 79.9. The molecule has 0 unspecified atom stereocenters. The van der Waals surface area contributed by atoms with Crippen LogP contribution >= 0.6 is 31.9 Å². The van der Waals surface area contributed by atoms with E-state index in [1.54, 1.807) is 7.05 Å². The molecule has 2 aromatic carbocycles. The fourth-order valence-corrected chi connectivity index (χ4v) is 3.70. The number of rotatable bonds is 6. The van der Waals surface area contributed by atoms with E-state index < -0.39 is 45.2 Å². The van der Waals surface area contributed by atoms with Gasteiger partial charge in [0.1, 0.15) is 11.4 Å². The number of nitrogens with zero attached hydrogens (tertiary/aromatic N) is 2. The fraction of sp³-hybridized carbons (Fsp3) is 0.211. The largest absolute Gasteiger partial charge is 0.471 e. The van der Waals surface area contributed by atoms with Crippen LogP contribution in [0.1, 0.15) is 20.7 Å². The van der Waals surface area contributed by atoms with Gasteiger partial charge >= 0.3 is 24.0 Å². The van der Waals surface area contributed by atoms with Crippen molar-refractivity contribution in [2.45, 2.75) is 6.18 Å². The number of hydrogen-bond donors (Lipinski definition) is 2. The van der Waals surface area contributed by atoms with E-state index in [1.165, 1.54) is 24.6 Å². The smallest absolute Gasteiger partial charge is 0.465 e. The number of nitro benzene ring substituents is 2. The maximum atomic E-state index is 12.2. The molecule has 0 fully saturated rings. The van der Waals surface area contributed by atoms with E-state index in [1.807, 2.05) is 0 Å². The first-order valence-corrected chi connectivity index (χ1v) is 10.9. The second-order valence-electron chi connectivity index (χ2n) is 6.40. The Kier molecular flexibility index (Phi) is 10.9. The topological polar surface area (TPSA) is 180 Å². The molecule has 0 aliphatic rings. The zero-order valence-corrected chi connectivity index (χ0v) is 21.9. The van der Waals surface area contributed by atoms with Gasteiger partial charge in [-0.2, -0.15) is 13.2 Å². The van der Waals surface area contributed by atoms with Gasteiger partial charge in [0.25, 0.3) is 11.4 Å². The van der Waals surface area contributed by atoms with Crippen LogP contribution in [0.4, 0.5) is 35.9 Å². The number of benzene rings is 2. The number of methoxy groups -OCH3 is 2. The van der Waals surface area contributed by atoms with E-state index >= 15 is 0 Å². The molecule has 200 valence electrons. The second kappa shape index (κ2) is 12.9. The molecule has 37 heavy (non-hydrogen) atoms. The Morgan fingerprint density at radius 3 is 1.54 bits per heavy atom. The monoisotopic (exact) mass is 658 g/mol. The summed E-state index contributed by atoms with van der Waals surface area (Å²) in [5, 5.41) is 25.7. The Morgan fingerprint density at radius 1 is 0.838 bits per heavy atom. The minimum Gasteiger partial charge on any atom is -0.465 e. The van der Waals surface area contributed by atoms with Crippen LogP contribution < -0.4 is 10.6 Å². The molecule has 0 bridgehead atoms. The molecule has 0 saturated carbocycles. The van der Waals surface area contributed by atoms with Crippen molar-refractivity contribution in [2.75, 3.05) is 31.9 Å². The molecule has 0 atom stereocenters. The minimum absolute atomic E-state index is 0.125. The average molecular weight is 660 g/mol. The molecule has 0 heterocycles. The third kappa shape index (κ3) is 8.10. The number of esters is 2. The van der Waals surface area contributed by atoms with Crippen LogP contribution in [0.5, 0.6) is 0 Å². The molecule has 13 nitrogen and oxygen atoms in total. The molecule has 2 N–H and O–H groups in total. The van der Waals surface area contributed by atoms with Crippen molar-refractivity contribution in [3.63, 3.8) is 0 Å². The molecule has 0 aliphatic heterocycles. The number of carbonyl (C=O) groups is 3. The third-order valence-electron chi connectivity index (χ3n) is 4.12. The number of ether oxygens (including phenoxy) is 2. The van der Waals surface area contributed by atoms with Gasteiger partial charge in [0, 0.05) is 28.1 Å². The number of hydrogen-bond acceptors (Lipinski definition) is 10. The van der Waals surface area contributed by atoms with Gasteiger partial charge in [0.05, 0.1) is 35.2 Å². The Morgan fingerprint density at radius 2 is 1.22 bits per heavy atom. The highest BCUT2D eigenvalue weighted by Crippen LogP contribution is 2.36. The van der Waals surface area contributed by atoms with Crippen LogP contribution in [-0.2, 0) is 14.3 Å². The SMILES string of the molecule is CNc1c(Br)cc(C(=O)OC)cc1[N+](=O)[O-].COC(=O)c1cc(Br)c(NC(=O)C(F)(F)F)c([N+](=O)[O-])c1. The van der Waals surface area contributed by atoms with Crippen molar-refractivity contribution in [1.29, 1.82) is 0 Å². The Balaban J connectivity index is 0.000000384. The summed E-state index contributed by atoms with van der Waals surface area (Å²) in [6.45, 7) is 0. The number of amides is 1. The van der Waals surface area contributed by atoms with Gasteiger partial charge in [-0.3, -0.25) is 25.0 Å². The van der Waals surface area contributed by atoms with Crippen molar-refractivity contribution < 1.29 is 46.9 Å². The molecule has 2 aromatic rings. The summed E-state index contributed by atoms with van der Waals surface area (Å²) >= 11 is 5.91. The molecule has 0 aliphatic carbocycles. The highest BCUT2D eigenvalue weighted by Gasteiger charge is 2.40. The summed E-state index contributed by atoms with van der Waals surface area (Å²) in [4.78, 5) is 53.5. The number of nitro groups is 2. The first-order valence-electron chi connectivity index (χ1n) is 9.27. The average Bonchev–Trinajstić information content (AvgIpc) is 2.82. The predicted octanol–water partition coefficient (Wildman–Crippen LogP) is 4.83. The van der Waals surface area contributed by atoms with Crippen molar-refractivity contribution in [3.8, 4) is 0 Å². The standard InChI is InChI=1S/C10H6BrF3N2O5.C9H9BrN2O4/c1-21-8(17)4-2-5(11)7(6(3-4)16(19)20)15-9(18)10(12,13)14;1-11-8-6(10)3-5(9(13)16-2)4-7(8)12(14)15/h2-3H,1H3,(H,15,18);3-4,11H,1-2H3. The molecule has 0 saturated heterocycles. The first kappa shape index (κ1) is 31.2. The maximum Gasteiger partial charge on any atom is 0.471 e. The van der Waals surface area contributed by atoms with Crippen molar-refractivity contribution in [1.82, 2.24) is 0 Å². The lowest BCUT2D eigenvalue weighted by molar-refractivity contribution is -0.384. The van der Waals surface area contributed by atoms with Crippen LogP contribution in [0.15, 0.2) is 33.2 Å². The van der Waals surface area contributed by atoms with Crippen LogP contribution in [0, 0.1) is 20.2 Å². The normalized spacial score (nSPS) is 10.4. The Bertz CT molecular complexity index is 1260. The van der Waals surface area contributed by atoms with Crippen molar-refractivity contribution >= 4 is 72.5 Å². The lowest BCUT2D eigenvalue weighted by Crippen LogP contribution is -2.30. The zero-order chi connectivity index (χ0) is 28.7. The maximum absolute atomic E-state index is 12.2. The van der Waals surface area contributed by atoms with Crippen LogP contribution in [-0.4, -0.2) is 55.1 Å². The molecule has 1 amide bonds. The first-order chi connectivity index (χ1) is 17.1.